The Morgan fingerprint density at radius 1 is 0.127 bits per heavy atom. The van der Waals surface area contributed by atoms with Gasteiger partial charge in [0.1, 0.15) is 0 Å². The van der Waals surface area contributed by atoms with Crippen molar-refractivity contribution in [2.24, 2.45) is 0 Å². The molecule has 0 radical (unpaired) electrons. The first-order chi connectivity index (χ1) is 62.5. The highest BCUT2D eigenvalue weighted by Crippen LogP contribution is 2.48. The van der Waals surface area contributed by atoms with Crippen molar-refractivity contribution in [2.75, 3.05) is 0 Å². The molecule has 0 saturated carbocycles. The first kappa shape index (κ1) is 70.7. The molecule has 0 unspecified atom stereocenters. The number of aromatic nitrogens is 10. The minimum absolute atomic E-state index is 0.629. The molecular formula is C116H70N10. The van der Waals surface area contributed by atoms with Crippen LogP contribution >= 0.6 is 0 Å². The van der Waals surface area contributed by atoms with Crippen LogP contribution in [0.15, 0.2) is 425 Å². The summed E-state index contributed by atoms with van der Waals surface area (Å²) in [6.07, 6.45) is 0. The topological polar surface area (TPSA) is 95.0 Å². The summed E-state index contributed by atoms with van der Waals surface area (Å²) >= 11 is 0. The van der Waals surface area contributed by atoms with Crippen LogP contribution in [0, 0.1) is 0 Å². The Kier molecular flexibility index (Phi) is 15.9. The molecule has 0 N–H and O–H groups in total. The maximum atomic E-state index is 5.09. The minimum atomic E-state index is 0.629. The van der Waals surface area contributed by atoms with Crippen molar-refractivity contribution in [1.29, 1.82) is 0 Å². The lowest BCUT2D eigenvalue weighted by molar-refractivity contribution is 1.07. The van der Waals surface area contributed by atoms with Gasteiger partial charge >= 0.3 is 0 Å². The molecule has 0 fully saturated rings. The van der Waals surface area contributed by atoms with Gasteiger partial charge in [-0.05, 0) is 116 Å². The molecule has 126 heavy (non-hydrogen) atoms. The highest BCUT2D eigenvalue weighted by Gasteiger charge is 2.26. The van der Waals surface area contributed by atoms with Gasteiger partial charge in [0.05, 0.1) is 66.2 Å². The second-order valence-electron chi connectivity index (χ2n) is 32.8. The number of para-hydroxylation sites is 4. The number of benzene rings is 19. The van der Waals surface area contributed by atoms with Gasteiger partial charge in [0.2, 0.25) is 0 Å². The average molecular weight is 1600 g/mol. The number of fused-ring (bicyclic) bond motifs is 26. The van der Waals surface area contributed by atoms with Crippen LogP contribution < -0.4 is 0 Å². The molecule has 584 valence electrons. The fourth-order valence-corrected chi connectivity index (χ4v) is 20.0. The third-order valence-electron chi connectivity index (χ3n) is 25.8. The van der Waals surface area contributed by atoms with Gasteiger partial charge in [0.15, 0.2) is 34.9 Å². The van der Waals surface area contributed by atoms with Crippen molar-refractivity contribution in [3.8, 4) is 102 Å². The lowest BCUT2D eigenvalue weighted by atomic mass is 10.00. The molecule has 8 aromatic heterocycles. The lowest BCUT2D eigenvalue weighted by Crippen LogP contribution is -2.00. The van der Waals surface area contributed by atoms with Gasteiger partial charge in [-0.3, -0.25) is 0 Å². The summed E-state index contributed by atoms with van der Waals surface area (Å²) in [5, 5.41) is 19.8. The van der Waals surface area contributed by atoms with Crippen molar-refractivity contribution < 1.29 is 0 Å². The molecule has 27 rings (SSSR count). The van der Waals surface area contributed by atoms with Crippen molar-refractivity contribution in [3.05, 3.63) is 425 Å². The molecule has 10 heteroatoms. The van der Waals surface area contributed by atoms with Crippen LogP contribution in [0.2, 0.25) is 0 Å². The largest absolute Gasteiger partial charge is 0.307 e. The van der Waals surface area contributed by atoms with Gasteiger partial charge in [-0.25, -0.2) is 29.9 Å². The van der Waals surface area contributed by atoms with Crippen LogP contribution in [0.1, 0.15) is 0 Å². The van der Waals surface area contributed by atoms with E-state index < -0.39 is 0 Å². The van der Waals surface area contributed by atoms with Crippen molar-refractivity contribution in [1.82, 2.24) is 47.5 Å². The Hall–Kier alpha value is -17.1. The highest BCUT2D eigenvalue weighted by atomic mass is 15.0. The molecule has 0 atom stereocenters. The number of hydrogen-bond donors (Lipinski definition) is 0. The van der Waals surface area contributed by atoms with Crippen LogP contribution in [0.5, 0.6) is 0 Å². The smallest absolute Gasteiger partial charge is 0.164 e. The molecule has 0 amide bonds. The Balaban J connectivity index is 0.000000135. The van der Waals surface area contributed by atoms with Crippen molar-refractivity contribution in [2.45, 2.75) is 0 Å². The zero-order valence-electron chi connectivity index (χ0n) is 67.9. The molecule has 19 aromatic carbocycles. The molecular weight excluding hydrogens is 1530 g/mol. The Bertz CT molecular complexity index is 9120. The van der Waals surface area contributed by atoms with Gasteiger partial charge < -0.3 is 17.6 Å². The van der Waals surface area contributed by atoms with E-state index in [1.165, 1.54) is 147 Å². The normalized spacial score (nSPS) is 12.0. The summed E-state index contributed by atoms with van der Waals surface area (Å²) in [5.41, 5.74) is 26.8. The molecule has 0 aliphatic rings. The summed E-state index contributed by atoms with van der Waals surface area (Å²) < 4.78 is 10.1. The predicted molar refractivity (Wildman–Crippen MR) is 522 cm³/mol. The van der Waals surface area contributed by atoms with Crippen molar-refractivity contribution >= 4 is 152 Å². The van der Waals surface area contributed by atoms with Gasteiger partial charge in [-0.1, -0.05) is 364 Å². The van der Waals surface area contributed by atoms with E-state index in [-0.39, 0.29) is 0 Å². The summed E-state index contributed by atoms with van der Waals surface area (Å²) in [4.78, 5) is 30.0. The van der Waals surface area contributed by atoms with Crippen LogP contribution in [0.4, 0.5) is 0 Å². The van der Waals surface area contributed by atoms with Crippen LogP contribution in [0.3, 0.4) is 0 Å². The zero-order chi connectivity index (χ0) is 82.6. The third kappa shape index (κ3) is 11.1. The maximum Gasteiger partial charge on any atom is 0.164 e. The van der Waals surface area contributed by atoms with E-state index in [4.69, 9.17) is 29.9 Å². The van der Waals surface area contributed by atoms with E-state index in [2.05, 4.69) is 345 Å². The van der Waals surface area contributed by atoms with E-state index in [0.29, 0.717) is 34.9 Å². The average Bonchev–Trinajstić information content (AvgIpc) is 1.53. The number of nitrogens with zero attached hydrogens (tertiary/aromatic N) is 10. The lowest BCUT2D eigenvalue weighted by Gasteiger charge is -2.13. The maximum absolute atomic E-state index is 5.09. The standard InChI is InChI=1S/C61H37N5.C55H33N5/c1-3-13-38(14-4-1)39-23-27-43(28-24-39)60-62-59(42-16-5-2-6-17-42)63-61(64-60)44-29-25-40(26-30-44)45-32-35-54-51(37-45)48-20-10-12-22-53(48)65-52-21-11-9-19-47(52)49-33-34-50-56-46-18-8-7-15-41(46)31-36-55(56)66(54)58(50)57(49)65;1-3-14-36(15-4-1)53-56-54(37-16-5-2-6-17-37)58-55(57-53)38-25-23-34(24-26-38)39-28-31-48-45(33-39)42-20-10-12-22-47(42)59-46-21-11-9-19-41(46)43-29-30-44-50-40-18-8-7-13-35(40)27-32-49(50)60(48)52(44)51(43)59/h1-37H;1-33H. The fourth-order valence-electron chi connectivity index (χ4n) is 20.0. The van der Waals surface area contributed by atoms with E-state index >= 15 is 0 Å². The van der Waals surface area contributed by atoms with E-state index in [1.807, 2.05) is 97.1 Å². The Morgan fingerprint density at radius 2 is 0.341 bits per heavy atom. The molecule has 0 spiro atoms. The summed E-state index contributed by atoms with van der Waals surface area (Å²) in [7, 11) is 0. The summed E-state index contributed by atoms with van der Waals surface area (Å²) in [6, 6.07) is 152. The Morgan fingerprint density at radius 3 is 0.683 bits per heavy atom. The van der Waals surface area contributed by atoms with E-state index in [9.17, 15) is 0 Å². The summed E-state index contributed by atoms with van der Waals surface area (Å²) in [5.74, 6) is 3.85. The monoisotopic (exact) mass is 1600 g/mol. The van der Waals surface area contributed by atoms with Gasteiger partial charge in [-0.2, -0.15) is 0 Å². The molecule has 0 aliphatic heterocycles. The van der Waals surface area contributed by atoms with Gasteiger partial charge in [0, 0.05) is 98.0 Å². The van der Waals surface area contributed by atoms with E-state index in [0.717, 1.165) is 72.2 Å². The van der Waals surface area contributed by atoms with Crippen LogP contribution in [-0.4, -0.2) is 47.5 Å². The second-order valence-corrected chi connectivity index (χ2v) is 32.8. The molecule has 0 saturated heterocycles. The predicted octanol–water partition coefficient (Wildman–Crippen LogP) is 29.6. The molecule has 0 bridgehead atoms. The molecule has 10 nitrogen and oxygen atoms in total. The van der Waals surface area contributed by atoms with Gasteiger partial charge in [-0.15, -0.1) is 0 Å². The van der Waals surface area contributed by atoms with Crippen LogP contribution in [0.25, 0.3) is 254 Å². The van der Waals surface area contributed by atoms with E-state index in [1.54, 1.807) is 0 Å². The van der Waals surface area contributed by atoms with Crippen molar-refractivity contribution in [3.63, 3.8) is 0 Å². The minimum Gasteiger partial charge on any atom is -0.307 e. The highest BCUT2D eigenvalue weighted by molar-refractivity contribution is 6.32. The molecule has 27 aromatic rings. The van der Waals surface area contributed by atoms with Gasteiger partial charge in [0.25, 0.3) is 0 Å². The number of rotatable bonds is 9. The fraction of sp³-hybridized carbons (Fsp3) is 0. The third-order valence-corrected chi connectivity index (χ3v) is 25.8. The molecule has 0 aliphatic carbocycles. The number of hydrogen-bond acceptors (Lipinski definition) is 6. The zero-order valence-corrected chi connectivity index (χ0v) is 67.9. The Labute approximate surface area is 721 Å². The molecule has 8 heterocycles. The summed E-state index contributed by atoms with van der Waals surface area (Å²) in [6.45, 7) is 0. The second kappa shape index (κ2) is 28.3. The first-order valence-corrected chi connectivity index (χ1v) is 42.8. The first-order valence-electron chi connectivity index (χ1n) is 42.8. The quantitative estimate of drug-likeness (QED) is 0.143. The SMILES string of the molecule is c1ccc(-c2ccc(-c3nc(-c4ccccc4)nc(-c4ccc(-c5ccc6c(c5)c5ccccc5n5c7ccccc7c7ccc8c9c%10ccccc%10ccc9n6c8c75)cc4)n3)cc2)cc1.c1ccc(-c2nc(-c3ccccc3)nc(-c3ccc(-c4ccc5c(c4)c4ccccc4n4c6ccccc6c6ccc7c8c9ccccc9ccc8n5c7c64)cc3)n2)cc1. The van der Waals surface area contributed by atoms with Crippen LogP contribution in [-0.2, 0) is 0 Å².